The Balaban J connectivity index is 2.07. The predicted octanol–water partition coefficient (Wildman–Crippen LogP) is 3.51. The third-order valence-electron chi connectivity index (χ3n) is 3.36. The molecule has 0 bridgehead atoms. The number of aromatic nitrogens is 1. The number of pyridine rings is 1. The highest BCUT2D eigenvalue weighted by Gasteiger charge is 2.14. The van der Waals surface area contributed by atoms with Gasteiger partial charge in [0.25, 0.3) is 10.0 Å². The molecule has 5 nitrogen and oxygen atoms in total. The Labute approximate surface area is 138 Å². The molecule has 0 amide bonds. The van der Waals surface area contributed by atoms with E-state index in [9.17, 15) is 8.42 Å². The number of rotatable bonds is 7. The second-order valence-electron chi connectivity index (χ2n) is 5.81. The molecular formula is C17H23N3O2S. The molecule has 2 aromatic rings. The largest absolute Gasteiger partial charge is 0.384 e. The first-order chi connectivity index (χ1) is 10.9. The fourth-order valence-corrected chi connectivity index (χ4v) is 2.99. The standard InChI is InChI=1S/C17H23N3O2S/c1-4-14-5-8-16(9-6-14)23(21,22)20-17-10-7-15(12-19-17)18-11-13(2)3/h5-10,12-13,18H,4,11H2,1-3H3,(H,19,20). The van der Waals surface area contributed by atoms with Crippen LogP contribution in [0.3, 0.4) is 0 Å². The van der Waals surface area contributed by atoms with Crippen LogP contribution in [0.1, 0.15) is 26.3 Å². The van der Waals surface area contributed by atoms with Crippen molar-refractivity contribution in [3.05, 3.63) is 48.2 Å². The normalized spacial score (nSPS) is 11.5. The van der Waals surface area contributed by atoms with Crippen LogP contribution in [0.15, 0.2) is 47.5 Å². The average molecular weight is 333 g/mol. The fourth-order valence-electron chi connectivity index (χ4n) is 1.98. The Kier molecular flexibility index (Phi) is 5.60. The molecule has 0 saturated heterocycles. The van der Waals surface area contributed by atoms with Gasteiger partial charge < -0.3 is 5.32 Å². The van der Waals surface area contributed by atoms with E-state index in [1.54, 1.807) is 24.4 Å². The van der Waals surface area contributed by atoms with Gasteiger partial charge in [-0.05, 0) is 42.2 Å². The van der Waals surface area contributed by atoms with Crippen LogP contribution in [-0.2, 0) is 16.4 Å². The molecule has 0 aliphatic carbocycles. The number of hydrogen-bond acceptors (Lipinski definition) is 4. The lowest BCUT2D eigenvalue weighted by atomic mass is 10.2. The highest BCUT2D eigenvalue weighted by Crippen LogP contribution is 2.17. The maximum atomic E-state index is 12.3. The van der Waals surface area contributed by atoms with Crippen LogP contribution in [0.5, 0.6) is 0 Å². The van der Waals surface area contributed by atoms with Gasteiger partial charge in [0.2, 0.25) is 0 Å². The summed E-state index contributed by atoms with van der Waals surface area (Å²) in [6.45, 7) is 7.11. The molecule has 2 N–H and O–H groups in total. The summed E-state index contributed by atoms with van der Waals surface area (Å²) in [6.07, 6.45) is 2.50. The van der Waals surface area contributed by atoms with Gasteiger partial charge >= 0.3 is 0 Å². The van der Waals surface area contributed by atoms with Crippen molar-refractivity contribution in [2.75, 3.05) is 16.6 Å². The second kappa shape index (κ2) is 7.46. The second-order valence-corrected chi connectivity index (χ2v) is 7.49. The predicted molar refractivity (Wildman–Crippen MR) is 94.2 cm³/mol. The first-order valence-electron chi connectivity index (χ1n) is 7.72. The Morgan fingerprint density at radius 1 is 1.09 bits per heavy atom. The Morgan fingerprint density at radius 3 is 2.30 bits per heavy atom. The summed E-state index contributed by atoms with van der Waals surface area (Å²) in [4.78, 5) is 4.38. The molecule has 6 heteroatoms. The van der Waals surface area contributed by atoms with Gasteiger partial charge in [0.1, 0.15) is 5.82 Å². The van der Waals surface area contributed by atoms with Crippen LogP contribution in [0.4, 0.5) is 11.5 Å². The van der Waals surface area contributed by atoms with Gasteiger partial charge in [-0.3, -0.25) is 4.72 Å². The zero-order chi connectivity index (χ0) is 16.9. The van der Waals surface area contributed by atoms with E-state index in [0.29, 0.717) is 11.7 Å². The van der Waals surface area contributed by atoms with E-state index in [1.807, 2.05) is 25.1 Å². The fraction of sp³-hybridized carbons (Fsp3) is 0.353. The van der Waals surface area contributed by atoms with Crippen LogP contribution in [0.25, 0.3) is 0 Å². The van der Waals surface area contributed by atoms with E-state index in [2.05, 4.69) is 28.9 Å². The summed E-state index contributed by atoms with van der Waals surface area (Å²) in [6, 6.07) is 10.3. The number of nitrogens with zero attached hydrogens (tertiary/aromatic N) is 1. The molecule has 23 heavy (non-hydrogen) atoms. The molecule has 1 heterocycles. The van der Waals surface area contributed by atoms with Crippen molar-refractivity contribution < 1.29 is 8.42 Å². The van der Waals surface area contributed by atoms with E-state index in [0.717, 1.165) is 24.2 Å². The summed E-state index contributed by atoms with van der Waals surface area (Å²) in [5.74, 6) is 0.832. The lowest BCUT2D eigenvalue weighted by Gasteiger charge is -2.10. The summed E-state index contributed by atoms with van der Waals surface area (Å²) in [5.41, 5.74) is 1.97. The number of sulfonamides is 1. The minimum Gasteiger partial charge on any atom is -0.384 e. The van der Waals surface area contributed by atoms with Crippen molar-refractivity contribution in [1.82, 2.24) is 4.98 Å². The minimum absolute atomic E-state index is 0.235. The third kappa shape index (κ3) is 4.96. The first-order valence-corrected chi connectivity index (χ1v) is 9.20. The number of hydrogen-bond donors (Lipinski definition) is 2. The highest BCUT2D eigenvalue weighted by molar-refractivity contribution is 7.92. The lowest BCUT2D eigenvalue weighted by molar-refractivity contribution is 0.601. The van der Waals surface area contributed by atoms with Crippen molar-refractivity contribution in [2.45, 2.75) is 32.1 Å². The molecule has 0 unspecified atom stereocenters. The molecular weight excluding hydrogens is 310 g/mol. The van der Waals surface area contributed by atoms with E-state index in [1.165, 1.54) is 0 Å². The molecule has 124 valence electrons. The van der Waals surface area contributed by atoms with Gasteiger partial charge in [-0.1, -0.05) is 32.9 Å². The molecule has 1 aromatic carbocycles. The molecule has 0 atom stereocenters. The lowest BCUT2D eigenvalue weighted by Crippen LogP contribution is -2.14. The molecule has 0 saturated carbocycles. The molecule has 0 radical (unpaired) electrons. The van der Waals surface area contributed by atoms with Crippen LogP contribution >= 0.6 is 0 Å². The highest BCUT2D eigenvalue weighted by atomic mass is 32.2. The van der Waals surface area contributed by atoms with Crippen molar-refractivity contribution in [2.24, 2.45) is 5.92 Å². The molecule has 0 spiro atoms. The quantitative estimate of drug-likeness (QED) is 0.813. The summed E-state index contributed by atoms with van der Waals surface area (Å²) >= 11 is 0. The smallest absolute Gasteiger partial charge is 0.263 e. The Bertz CT molecular complexity index is 723. The number of nitrogens with one attached hydrogen (secondary N) is 2. The minimum atomic E-state index is -3.61. The number of aryl methyl sites for hydroxylation is 1. The van der Waals surface area contributed by atoms with Crippen LogP contribution < -0.4 is 10.0 Å². The van der Waals surface area contributed by atoms with Gasteiger partial charge in [0, 0.05) is 6.54 Å². The Hall–Kier alpha value is -2.08. The maximum absolute atomic E-state index is 12.3. The topological polar surface area (TPSA) is 71.1 Å². The van der Waals surface area contributed by atoms with Crippen LogP contribution in [0.2, 0.25) is 0 Å². The van der Waals surface area contributed by atoms with Gasteiger partial charge in [-0.2, -0.15) is 0 Å². The van der Waals surface area contributed by atoms with Crippen molar-refractivity contribution in [3.63, 3.8) is 0 Å². The molecule has 2 rings (SSSR count). The average Bonchev–Trinajstić information content (AvgIpc) is 2.54. The Morgan fingerprint density at radius 2 is 1.78 bits per heavy atom. The number of anilines is 2. The van der Waals surface area contributed by atoms with Gasteiger partial charge in [0.15, 0.2) is 0 Å². The SMILES string of the molecule is CCc1ccc(S(=O)(=O)Nc2ccc(NCC(C)C)cn2)cc1. The van der Waals surface area contributed by atoms with Crippen molar-refractivity contribution >= 4 is 21.5 Å². The van der Waals surface area contributed by atoms with Gasteiger partial charge in [-0.25, -0.2) is 13.4 Å². The zero-order valence-corrected chi connectivity index (χ0v) is 14.5. The summed E-state index contributed by atoms with van der Waals surface area (Å²) < 4.78 is 27.2. The van der Waals surface area contributed by atoms with E-state index < -0.39 is 10.0 Å². The first kappa shape index (κ1) is 17.3. The molecule has 0 aliphatic heterocycles. The van der Waals surface area contributed by atoms with Crippen molar-refractivity contribution in [3.8, 4) is 0 Å². The van der Waals surface area contributed by atoms with Gasteiger partial charge in [-0.15, -0.1) is 0 Å². The number of benzene rings is 1. The maximum Gasteiger partial charge on any atom is 0.263 e. The summed E-state index contributed by atoms with van der Waals surface area (Å²) in [5, 5.41) is 3.24. The summed E-state index contributed by atoms with van der Waals surface area (Å²) in [7, 11) is -3.61. The molecule has 0 aliphatic rings. The van der Waals surface area contributed by atoms with Crippen LogP contribution in [0, 0.1) is 5.92 Å². The third-order valence-corrected chi connectivity index (χ3v) is 4.73. The molecule has 0 fully saturated rings. The van der Waals surface area contributed by atoms with Gasteiger partial charge in [0.05, 0.1) is 16.8 Å². The van der Waals surface area contributed by atoms with E-state index in [4.69, 9.17) is 0 Å². The van der Waals surface area contributed by atoms with E-state index >= 15 is 0 Å². The van der Waals surface area contributed by atoms with Crippen molar-refractivity contribution in [1.29, 1.82) is 0 Å². The van der Waals surface area contributed by atoms with E-state index in [-0.39, 0.29) is 4.90 Å². The monoisotopic (exact) mass is 333 g/mol. The molecule has 1 aromatic heterocycles. The zero-order valence-electron chi connectivity index (χ0n) is 13.7. The van der Waals surface area contributed by atoms with Crippen LogP contribution in [-0.4, -0.2) is 19.9 Å².